The topological polar surface area (TPSA) is 63.6 Å². The normalized spacial score (nSPS) is 15.2. The van der Waals surface area contributed by atoms with E-state index in [2.05, 4.69) is 0 Å². The molecule has 0 rings (SSSR count). The first-order valence-electron chi connectivity index (χ1n) is 4.27. The van der Waals surface area contributed by atoms with Crippen LogP contribution in [0, 0.1) is 0 Å². The summed E-state index contributed by atoms with van der Waals surface area (Å²) < 4.78 is 16.3. The molecular weight excluding hydrogens is 192 g/mol. The number of hydrogen-bond acceptors (Lipinski definition) is 3. The summed E-state index contributed by atoms with van der Waals surface area (Å²) in [6.07, 6.45) is 0.651. The Bertz CT molecular complexity index is 181. The predicted octanol–water partition coefficient (Wildman–Crippen LogP) is 0.635. The largest absolute Gasteiger partial charge is 0.480 e. The van der Waals surface area contributed by atoms with Crippen LogP contribution in [0.4, 0.5) is 0 Å². The molecule has 0 amide bonds. The molecule has 78 valence electrons. The molecule has 0 bridgehead atoms. The van der Waals surface area contributed by atoms with Gasteiger partial charge in [0.15, 0.2) is 0 Å². The Morgan fingerprint density at radius 3 is 2.69 bits per heavy atom. The van der Waals surface area contributed by atoms with Gasteiger partial charge in [-0.1, -0.05) is 0 Å². The van der Waals surface area contributed by atoms with Crippen LogP contribution in [0.5, 0.6) is 0 Å². The molecule has 0 aromatic rings. The molecule has 0 spiro atoms. The third-order valence-electron chi connectivity index (χ3n) is 1.58. The van der Waals surface area contributed by atoms with Crippen molar-refractivity contribution >= 4 is 16.8 Å². The van der Waals surface area contributed by atoms with Crippen LogP contribution in [0.2, 0.25) is 0 Å². The van der Waals surface area contributed by atoms with Crippen LogP contribution in [0.3, 0.4) is 0 Å². The van der Waals surface area contributed by atoms with E-state index in [0.29, 0.717) is 25.4 Å². The molecule has 5 heteroatoms. The van der Waals surface area contributed by atoms with Crippen LogP contribution in [0.15, 0.2) is 0 Å². The molecule has 0 radical (unpaired) electrons. The highest BCUT2D eigenvalue weighted by Crippen LogP contribution is 1.98. The molecule has 0 aliphatic carbocycles. The molecule has 0 saturated heterocycles. The van der Waals surface area contributed by atoms with E-state index in [9.17, 15) is 9.00 Å². The summed E-state index contributed by atoms with van der Waals surface area (Å²) in [6, 6.07) is 0. The lowest BCUT2D eigenvalue weighted by Crippen LogP contribution is -2.24. The second-order valence-corrected chi connectivity index (χ2v) is 4.49. The Morgan fingerprint density at radius 2 is 2.23 bits per heavy atom. The highest BCUT2D eigenvalue weighted by Gasteiger charge is 2.17. The zero-order valence-corrected chi connectivity index (χ0v) is 8.80. The minimum atomic E-state index is -1.28. The van der Waals surface area contributed by atoms with Gasteiger partial charge in [0.25, 0.3) is 0 Å². The fraction of sp³-hybridized carbons (Fsp3) is 0.875. The maximum Gasteiger partial charge on any atom is 0.318 e. The molecule has 0 fully saturated rings. The van der Waals surface area contributed by atoms with Crippen LogP contribution in [-0.4, -0.2) is 39.5 Å². The van der Waals surface area contributed by atoms with E-state index in [4.69, 9.17) is 9.84 Å². The van der Waals surface area contributed by atoms with E-state index in [1.165, 1.54) is 6.92 Å². The number of carbonyl (C=O) groups is 1. The summed E-state index contributed by atoms with van der Waals surface area (Å²) in [5, 5.41) is 7.75. The number of hydrogen-bond donors (Lipinski definition) is 1. The first-order chi connectivity index (χ1) is 6.09. The van der Waals surface area contributed by atoms with Crippen LogP contribution < -0.4 is 0 Å². The lowest BCUT2D eigenvalue weighted by atomic mass is 10.5. The Hall–Kier alpha value is -0.420. The van der Waals surface area contributed by atoms with Crippen molar-refractivity contribution in [1.29, 1.82) is 0 Å². The fourth-order valence-electron chi connectivity index (χ4n) is 0.737. The van der Waals surface area contributed by atoms with Gasteiger partial charge in [-0.25, -0.2) is 0 Å². The van der Waals surface area contributed by atoms with Crippen molar-refractivity contribution in [1.82, 2.24) is 0 Å². The second kappa shape index (κ2) is 7.03. The molecule has 0 heterocycles. The summed E-state index contributed by atoms with van der Waals surface area (Å²) in [5.41, 5.74) is 0. The summed E-state index contributed by atoms with van der Waals surface area (Å²) >= 11 is 0. The number of carboxylic acid groups (broad SMARTS) is 1. The van der Waals surface area contributed by atoms with Gasteiger partial charge < -0.3 is 9.84 Å². The highest BCUT2D eigenvalue weighted by molar-refractivity contribution is 7.86. The smallest absolute Gasteiger partial charge is 0.318 e. The van der Waals surface area contributed by atoms with Crippen molar-refractivity contribution in [2.45, 2.75) is 25.5 Å². The fourth-order valence-corrected chi connectivity index (χ4v) is 1.72. The van der Waals surface area contributed by atoms with Crippen molar-refractivity contribution < 1.29 is 18.8 Å². The zero-order chi connectivity index (χ0) is 10.3. The lowest BCUT2D eigenvalue weighted by molar-refractivity contribution is -0.136. The number of aliphatic carboxylic acids is 1. The third kappa shape index (κ3) is 5.76. The maximum atomic E-state index is 11.2. The van der Waals surface area contributed by atoms with Crippen molar-refractivity contribution in [3.63, 3.8) is 0 Å². The minimum absolute atomic E-state index is 0.396. The molecule has 4 nitrogen and oxygen atoms in total. The van der Waals surface area contributed by atoms with Gasteiger partial charge in [-0.3, -0.25) is 9.00 Å². The number of carboxylic acids is 1. The van der Waals surface area contributed by atoms with Crippen LogP contribution in [0.1, 0.15) is 20.3 Å². The van der Waals surface area contributed by atoms with Gasteiger partial charge in [-0.2, -0.15) is 0 Å². The quantitative estimate of drug-likeness (QED) is 0.623. The van der Waals surface area contributed by atoms with Crippen molar-refractivity contribution in [3.05, 3.63) is 0 Å². The molecule has 0 aromatic heterocycles. The Balaban J connectivity index is 3.56. The molecule has 0 aromatic carbocycles. The van der Waals surface area contributed by atoms with Crippen molar-refractivity contribution in [2.24, 2.45) is 0 Å². The molecule has 2 unspecified atom stereocenters. The van der Waals surface area contributed by atoms with E-state index >= 15 is 0 Å². The first-order valence-corrected chi connectivity index (χ1v) is 5.65. The molecule has 0 saturated carbocycles. The van der Waals surface area contributed by atoms with E-state index in [0.717, 1.165) is 0 Å². The average molecular weight is 208 g/mol. The Kier molecular flexibility index (Phi) is 6.80. The summed E-state index contributed by atoms with van der Waals surface area (Å²) in [7, 11) is -1.28. The molecular formula is C8H16O4S. The minimum Gasteiger partial charge on any atom is -0.480 e. The molecule has 13 heavy (non-hydrogen) atoms. The zero-order valence-electron chi connectivity index (χ0n) is 7.99. The van der Waals surface area contributed by atoms with E-state index in [-0.39, 0.29) is 0 Å². The number of ether oxygens (including phenoxy) is 1. The lowest BCUT2D eigenvalue weighted by Gasteiger charge is -2.05. The standard InChI is InChI=1S/C8H16O4S/c1-3-12-5-4-6-13(11)7(2)8(9)10/h7H,3-6H2,1-2H3,(H,9,10). The van der Waals surface area contributed by atoms with Crippen molar-refractivity contribution in [2.75, 3.05) is 19.0 Å². The first kappa shape index (κ1) is 12.6. The molecule has 2 atom stereocenters. The predicted molar refractivity (Wildman–Crippen MR) is 51.2 cm³/mol. The number of rotatable bonds is 7. The monoisotopic (exact) mass is 208 g/mol. The molecule has 0 aliphatic rings. The summed E-state index contributed by atoms with van der Waals surface area (Å²) in [6.45, 7) is 4.53. The average Bonchev–Trinajstić information content (AvgIpc) is 2.10. The summed E-state index contributed by atoms with van der Waals surface area (Å²) in [5.74, 6) is -0.609. The Labute approximate surface area is 80.7 Å². The van der Waals surface area contributed by atoms with Crippen LogP contribution in [-0.2, 0) is 20.3 Å². The molecule has 1 N–H and O–H groups in total. The van der Waals surface area contributed by atoms with E-state index in [1.54, 1.807) is 0 Å². The van der Waals surface area contributed by atoms with E-state index < -0.39 is 22.0 Å². The Morgan fingerprint density at radius 1 is 1.62 bits per heavy atom. The van der Waals surface area contributed by atoms with Gasteiger partial charge >= 0.3 is 5.97 Å². The van der Waals surface area contributed by atoms with Crippen LogP contribution in [0.25, 0.3) is 0 Å². The van der Waals surface area contributed by atoms with Gasteiger partial charge in [0, 0.05) is 29.8 Å². The van der Waals surface area contributed by atoms with Gasteiger partial charge in [-0.05, 0) is 20.3 Å². The molecule has 0 aliphatic heterocycles. The maximum absolute atomic E-state index is 11.2. The van der Waals surface area contributed by atoms with Gasteiger partial charge in [0.2, 0.25) is 0 Å². The van der Waals surface area contributed by atoms with Crippen LogP contribution >= 0.6 is 0 Å². The van der Waals surface area contributed by atoms with Gasteiger partial charge in [0.05, 0.1) is 0 Å². The van der Waals surface area contributed by atoms with Gasteiger partial charge in [0.1, 0.15) is 5.25 Å². The SMILES string of the molecule is CCOCCCS(=O)C(C)C(=O)O. The van der Waals surface area contributed by atoms with E-state index in [1.807, 2.05) is 6.92 Å². The second-order valence-electron chi connectivity index (χ2n) is 2.62. The summed E-state index contributed by atoms with van der Waals surface area (Å²) in [4.78, 5) is 10.4. The highest BCUT2D eigenvalue weighted by atomic mass is 32.2. The van der Waals surface area contributed by atoms with Gasteiger partial charge in [-0.15, -0.1) is 0 Å². The van der Waals surface area contributed by atoms with Crippen molar-refractivity contribution in [3.8, 4) is 0 Å². The third-order valence-corrected chi connectivity index (χ3v) is 3.26.